The number of ether oxygens (including phenoxy) is 1. The van der Waals surface area contributed by atoms with E-state index in [-0.39, 0.29) is 5.88 Å². The van der Waals surface area contributed by atoms with E-state index in [4.69, 9.17) is 16.3 Å². The molecule has 0 aliphatic rings. The molecule has 2 aromatic carbocycles. The first kappa shape index (κ1) is 17.4. The molecule has 7 nitrogen and oxygen atoms in total. The zero-order chi connectivity index (χ0) is 20.0. The molecule has 0 amide bonds. The molecule has 0 fully saturated rings. The highest BCUT2D eigenvalue weighted by Gasteiger charge is 2.13. The van der Waals surface area contributed by atoms with Gasteiger partial charge in [-0.25, -0.2) is 9.97 Å². The first-order valence-corrected chi connectivity index (χ1v) is 9.27. The summed E-state index contributed by atoms with van der Waals surface area (Å²) in [5.74, 6) is 1.75. The summed E-state index contributed by atoms with van der Waals surface area (Å²) in [6.45, 7) is 0. The van der Waals surface area contributed by atoms with Crippen LogP contribution in [-0.2, 0) is 7.05 Å². The van der Waals surface area contributed by atoms with Crippen LogP contribution in [0.2, 0.25) is 5.02 Å². The van der Waals surface area contributed by atoms with E-state index in [1.165, 1.54) is 6.33 Å². The molecule has 8 heteroatoms. The summed E-state index contributed by atoms with van der Waals surface area (Å²) < 4.78 is 7.93. The Kier molecular flexibility index (Phi) is 4.03. The number of aromatic nitrogens is 4. The first-order valence-electron chi connectivity index (χ1n) is 8.89. The molecule has 144 valence electrons. The van der Waals surface area contributed by atoms with Gasteiger partial charge in [-0.1, -0.05) is 23.7 Å². The maximum absolute atomic E-state index is 10.0. The lowest BCUT2D eigenvalue weighted by atomic mass is 10.2. The van der Waals surface area contributed by atoms with Crippen LogP contribution in [-0.4, -0.2) is 24.6 Å². The number of H-pyrrole nitrogens is 1. The number of benzene rings is 2. The Morgan fingerprint density at radius 2 is 2.03 bits per heavy atom. The lowest BCUT2D eigenvalue weighted by Gasteiger charge is -2.12. The molecular weight excluding hydrogens is 390 g/mol. The van der Waals surface area contributed by atoms with Gasteiger partial charge in [-0.15, -0.1) is 0 Å². The summed E-state index contributed by atoms with van der Waals surface area (Å²) in [4.78, 5) is 11.4. The van der Waals surface area contributed by atoms with Gasteiger partial charge >= 0.3 is 0 Å². The molecule has 0 spiro atoms. The minimum Gasteiger partial charge on any atom is -0.494 e. The number of nitrogens with zero attached hydrogens (tertiary/aromatic N) is 3. The smallest absolute Gasteiger partial charge is 0.200 e. The van der Waals surface area contributed by atoms with Gasteiger partial charge in [-0.3, -0.25) is 0 Å². The Morgan fingerprint density at radius 1 is 1.14 bits per heavy atom. The van der Waals surface area contributed by atoms with Gasteiger partial charge in [-0.05, 0) is 30.3 Å². The Balaban J connectivity index is 1.46. The first-order chi connectivity index (χ1) is 14.1. The highest BCUT2D eigenvalue weighted by atomic mass is 35.5. The molecule has 3 N–H and O–H groups in total. The number of aryl methyl sites for hydroxylation is 1. The summed E-state index contributed by atoms with van der Waals surface area (Å²) in [6, 6.07) is 12.9. The third kappa shape index (κ3) is 3.01. The minimum atomic E-state index is 0.0559. The van der Waals surface area contributed by atoms with Gasteiger partial charge in [0.25, 0.3) is 0 Å². The second kappa shape index (κ2) is 6.72. The summed E-state index contributed by atoms with van der Waals surface area (Å²) in [5, 5.41) is 15.2. The number of rotatable bonds is 4. The quantitative estimate of drug-likeness (QED) is 0.375. The SMILES string of the molecule is Cn1ccc2ncnc(Nc3ccc(Oc4cccc5c[nH]c(O)c45)c(Cl)c3)c21. The largest absolute Gasteiger partial charge is 0.494 e. The zero-order valence-corrected chi connectivity index (χ0v) is 16.1. The van der Waals surface area contributed by atoms with E-state index in [9.17, 15) is 5.11 Å². The number of hydrogen-bond donors (Lipinski definition) is 3. The highest BCUT2D eigenvalue weighted by Crippen LogP contribution is 2.38. The van der Waals surface area contributed by atoms with E-state index in [2.05, 4.69) is 20.3 Å². The molecule has 0 saturated heterocycles. The maximum atomic E-state index is 10.0. The van der Waals surface area contributed by atoms with Crippen molar-refractivity contribution in [2.24, 2.45) is 7.05 Å². The van der Waals surface area contributed by atoms with Crippen molar-refractivity contribution in [3.05, 3.63) is 66.2 Å². The van der Waals surface area contributed by atoms with Crippen molar-refractivity contribution < 1.29 is 9.84 Å². The Bertz CT molecular complexity index is 1360. The van der Waals surface area contributed by atoms with Crippen LogP contribution in [0, 0.1) is 0 Å². The van der Waals surface area contributed by atoms with E-state index in [1.807, 2.05) is 42.1 Å². The van der Waals surface area contributed by atoms with Crippen LogP contribution in [0.4, 0.5) is 11.5 Å². The van der Waals surface area contributed by atoms with Crippen molar-refractivity contribution in [3.63, 3.8) is 0 Å². The maximum Gasteiger partial charge on any atom is 0.200 e. The average molecular weight is 406 g/mol. The lowest BCUT2D eigenvalue weighted by molar-refractivity contribution is 0.455. The predicted octanol–water partition coefficient (Wildman–Crippen LogP) is 5.34. The number of fused-ring (bicyclic) bond motifs is 2. The fourth-order valence-electron chi connectivity index (χ4n) is 3.35. The number of aromatic hydroxyl groups is 1. The Hall–Kier alpha value is -3.71. The monoisotopic (exact) mass is 405 g/mol. The van der Waals surface area contributed by atoms with E-state index < -0.39 is 0 Å². The molecule has 0 radical (unpaired) electrons. The van der Waals surface area contributed by atoms with E-state index in [1.54, 1.807) is 24.4 Å². The average Bonchev–Trinajstić information content (AvgIpc) is 3.28. The molecule has 0 unspecified atom stereocenters. The van der Waals surface area contributed by atoms with E-state index in [0.717, 1.165) is 22.1 Å². The fourth-order valence-corrected chi connectivity index (χ4v) is 3.57. The van der Waals surface area contributed by atoms with Crippen molar-refractivity contribution >= 4 is 44.9 Å². The summed E-state index contributed by atoms with van der Waals surface area (Å²) >= 11 is 6.47. The van der Waals surface area contributed by atoms with Crippen LogP contribution in [0.15, 0.2) is 61.2 Å². The fraction of sp³-hybridized carbons (Fsp3) is 0.0476. The third-order valence-corrected chi connectivity index (χ3v) is 5.03. The van der Waals surface area contributed by atoms with Crippen LogP contribution >= 0.6 is 11.6 Å². The van der Waals surface area contributed by atoms with E-state index in [0.29, 0.717) is 27.7 Å². The molecule has 29 heavy (non-hydrogen) atoms. The van der Waals surface area contributed by atoms with Crippen LogP contribution in [0.5, 0.6) is 17.4 Å². The molecule has 0 bridgehead atoms. The number of halogens is 1. The molecule has 3 heterocycles. The van der Waals surface area contributed by atoms with Gasteiger partial charge in [0.2, 0.25) is 0 Å². The molecule has 0 saturated carbocycles. The van der Waals surface area contributed by atoms with Gasteiger partial charge in [0.1, 0.15) is 23.3 Å². The van der Waals surface area contributed by atoms with Gasteiger partial charge in [0.15, 0.2) is 11.7 Å². The van der Waals surface area contributed by atoms with Gasteiger partial charge < -0.3 is 24.7 Å². The van der Waals surface area contributed by atoms with Crippen LogP contribution in [0.25, 0.3) is 21.8 Å². The summed E-state index contributed by atoms with van der Waals surface area (Å²) in [5.41, 5.74) is 2.53. The Labute approximate surface area is 170 Å². The number of aromatic amines is 1. The number of anilines is 2. The zero-order valence-electron chi connectivity index (χ0n) is 15.3. The third-order valence-electron chi connectivity index (χ3n) is 4.73. The van der Waals surface area contributed by atoms with Gasteiger partial charge in [0.05, 0.1) is 15.9 Å². The second-order valence-corrected chi connectivity index (χ2v) is 7.02. The Morgan fingerprint density at radius 3 is 2.90 bits per heavy atom. The van der Waals surface area contributed by atoms with Crippen molar-refractivity contribution in [2.75, 3.05) is 5.32 Å². The van der Waals surface area contributed by atoms with Crippen molar-refractivity contribution in [1.29, 1.82) is 0 Å². The van der Waals surface area contributed by atoms with E-state index >= 15 is 0 Å². The standard InChI is InChI=1S/C21H16ClN5O2/c1-27-8-7-15-19(27)20(25-11-24-15)26-13-5-6-16(14(22)9-13)29-17-4-2-3-12-10-23-21(28)18(12)17/h2-11,23,28H,1H3,(H,24,25,26). The number of hydrogen-bond acceptors (Lipinski definition) is 5. The van der Waals surface area contributed by atoms with Crippen molar-refractivity contribution in [2.45, 2.75) is 0 Å². The minimum absolute atomic E-state index is 0.0559. The molecular formula is C21H16ClN5O2. The van der Waals surface area contributed by atoms with Crippen molar-refractivity contribution in [3.8, 4) is 17.4 Å². The van der Waals surface area contributed by atoms with Crippen LogP contribution in [0.3, 0.4) is 0 Å². The van der Waals surface area contributed by atoms with Gasteiger partial charge in [0, 0.05) is 30.5 Å². The van der Waals surface area contributed by atoms with Gasteiger partial charge in [-0.2, -0.15) is 0 Å². The molecule has 0 aliphatic heterocycles. The highest BCUT2D eigenvalue weighted by molar-refractivity contribution is 6.32. The molecule has 3 aromatic heterocycles. The van der Waals surface area contributed by atoms with Crippen LogP contribution in [0.1, 0.15) is 0 Å². The second-order valence-electron chi connectivity index (χ2n) is 6.61. The molecule has 5 aromatic rings. The summed E-state index contributed by atoms with van der Waals surface area (Å²) in [7, 11) is 1.94. The topological polar surface area (TPSA) is 88.0 Å². The normalized spacial score (nSPS) is 11.2. The van der Waals surface area contributed by atoms with Crippen molar-refractivity contribution in [1.82, 2.24) is 19.5 Å². The lowest BCUT2D eigenvalue weighted by Crippen LogP contribution is -1.98. The molecule has 5 rings (SSSR count). The predicted molar refractivity (Wildman–Crippen MR) is 113 cm³/mol. The van der Waals surface area contributed by atoms with Crippen LogP contribution < -0.4 is 10.1 Å². The number of nitrogens with one attached hydrogen (secondary N) is 2. The molecule has 0 atom stereocenters. The molecule has 0 aliphatic carbocycles. The summed E-state index contributed by atoms with van der Waals surface area (Å²) in [6.07, 6.45) is 5.18.